The van der Waals surface area contributed by atoms with Crippen LogP contribution in [0.3, 0.4) is 0 Å². The van der Waals surface area contributed by atoms with Crippen molar-refractivity contribution in [1.82, 2.24) is 0 Å². The molecule has 1 N–H and O–H groups in total. The second-order valence-electron chi connectivity index (χ2n) is 16.8. The molecule has 1 atom stereocenters. The van der Waals surface area contributed by atoms with Crippen molar-refractivity contribution in [2.75, 3.05) is 37.8 Å². The van der Waals surface area contributed by atoms with Crippen LogP contribution in [0.5, 0.6) is 11.5 Å². The normalized spacial score (nSPS) is 16.6. The number of benzene rings is 3. The van der Waals surface area contributed by atoms with Crippen LogP contribution in [0, 0.1) is 39.4 Å². The molecule has 0 radical (unpaired) electrons. The lowest BCUT2D eigenvalue weighted by Crippen LogP contribution is -2.32. The number of aliphatic hydroxyl groups is 1. The number of aliphatic hydroxyl groups excluding tert-OH is 1. The fourth-order valence-electron chi connectivity index (χ4n) is 7.62. The molecule has 2 aliphatic rings. The molecule has 1 unspecified atom stereocenters. The maximum absolute atomic E-state index is 13.2. The Morgan fingerprint density at radius 1 is 0.746 bits per heavy atom. The van der Waals surface area contributed by atoms with E-state index in [2.05, 4.69) is 35.5 Å². The van der Waals surface area contributed by atoms with Gasteiger partial charge >= 0.3 is 36.1 Å². The Hall–Kier alpha value is -8.27. The van der Waals surface area contributed by atoms with Crippen molar-refractivity contribution >= 4 is 23.7 Å². The van der Waals surface area contributed by atoms with Crippen LogP contribution in [-0.2, 0) is 14.2 Å². The second kappa shape index (κ2) is 24.8. The van der Waals surface area contributed by atoms with Crippen molar-refractivity contribution in [3.8, 4) is 29.7 Å². The van der Waals surface area contributed by atoms with Crippen LogP contribution < -0.4 is 14.4 Å². The van der Waals surface area contributed by atoms with Gasteiger partial charge in [0.15, 0.2) is 11.3 Å². The van der Waals surface area contributed by atoms with Gasteiger partial charge in [0.2, 0.25) is 0 Å². The minimum atomic E-state index is -2.64. The average Bonchev–Trinajstić information content (AvgIpc) is 3.62. The molecule has 3 aromatic carbocycles. The van der Waals surface area contributed by atoms with E-state index < -0.39 is 41.7 Å². The van der Waals surface area contributed by atoms with Crippen LogP contribution in [0.2, 0.25) is 0 Å². The Bertz CT molecular complexity index is 2730. The molecule has 5 rings (SSSR count). The Morgan fingerprint density at radius 3 is 1.76 bits per heavy atom. The summed E-state index contributed by atoms with van der Waals surface area (Å²) < 4.78 is 102. The summed E-state index contributed by atoms with van der Waals surface area (Å²) in [5.74, 6) is -2.16. The minimum Gasteiger partial charge on any atom is -0.479 e. The largest absolute Gasteiger partial charge is 0.479 e. The molecule has 0 spiro atoms. The summed E-state index contributed by atoms with van der Waals surface area (Å²) in [4.78, 5) is 27.5. The van der Waals surface area contributed by atoms with Gasteiger partial charge in [-0.1, -0.05) is 62.4 Å². The van der Waals surface area contributed by atoms with Gasteiger partial charge < -0.3 is 33.7 Å². The molecule has 12 nitrogen and oxygen atoms in total. The van der Waals surface area contributed by atoms with Gasteiger partial charge in [-0.05, 0) is 115 Å². The van der Waals surface area contributed by atoms with Crippen molar-refractivity contribution < 1.29 is 64.7 Å². The number of carbonyl (C=O) groups excluding carboxylic acids is 2. The van der Waals surface area contributed by atoms with Crippen molar-refractivity contribution in [2.45, 2.75) is 52.1 Å². The van der Waals surface area contributed by atoms with E-state index in [9.17, 15) is 56.8 Å². The van der Waals surface area contributed by atoms with Gasteiger partial charge in [-0.15, -0.1) is 0 Å². The molecule has 1 aliphatic heterocycles. The first kappa shape index (κ1) is 53.7. The van der Waals surface area contributed by atoms with E-state index in [0.717, 1.165) is 53.8 Å². The van der Waals surface area contributed by atoms with Crippen molar-refractivity contribution in [3.05, 3.63) is 178 Å². The van der Waals surface area contributed by atoms with E-state index >= 15 is 0 Å². The lowest BCUT2D eigenvalue weighted by molar-refractivity contribution is 0.0503. The SMILES string of the molecule is CC1(C)CC(/C=C/c2ccc(N(CCOC(=O)c3ccc(OC(F)=C(F)F)cc3)CCOC(=O)c3ccc(OC(F)=C(F)F)cc3)cc2)=CC(=C\C=C\C2=C(C#N)C(=C(C#N)C#N)OC2(C)CCCO)/C1. The summed E-state index contributed by atoms with van der Waals surface area (Å²) >= 11 is 0. The number of hydrogen-bond donors (Lipinski definition) is 1. The highest BCUT2D eigenvalue weighted by Crippen LogP contribution is 2.44. The average molecular weight is 981 g/mol. The molecular weight excluding hydrogens is 935 g/mol. The lowest BCUT2D eigenvalue weighted by Gasteiger charge is -2.30. The third-order valence-electron chi connectivity index (χ3n) is 10.9. The fourth-order valence-corrected chi connectivity index (χ4v) is 7.62. The predicted molar refractivity (Wildman–Crippen MR) is 248 cm³/mol. The summed E-state index contributed by atoms with van der Waals surface area (Å²) in [6, 6.07) is 18.2. The van der Waals surface area contributed by atoms with Crippen LogP contribution in [0.4, 0.5) is 32.0 Å². The third-order valence-corrected chi connectivity index (χ3v) is 10.9. The van der Waals surface area contributed by atoms with E-state index in [1.807, 2.05) is 48.6 Å². The molecule has 1 aliphatic carbocycles. The van der Waals surface area contributed by atoms with Gasteiger partial charge in [0, 0.05) is 17.9 Å². The first-order valence-corrected chi connectivity index (χ1v) is 21.8. The van der Waals surface area contributed by atoms with E-state index in [0.29, 0.717) is 24.1 Å². The first-order chi connectivity index (χ1) is 33.9. The molecule has 1 heterocycles. The number of nitrogens with zero attached hydrogens (tertiary/aromatic N) is 4. The molecule has 18 heteroatoms. The number of esters is 2. The number of hydrogen-bond acceptors (Lipinski definition) is 12. The van der Waals surface area contributed by atoms with Gasteiger partial charge in [0.1, 0.15) is 54.1 Å². The van der Waals surface area contributed by atoms with Crippen LogP contribution in [0.1, 0.15) is 72.7 Å². The molecule has 0 bridgehead atoms. The van der Waals surface area contributed by atoms with Gasteiger partial charge in [-0.25, -0.2) is 9.59 Å². The molecule has 0 amide bonds. The summed E-state index contributed by atoms with van der Waals surface area (Å²) in [5.41, 5.74) is 2.73. The maximum atomic E-state index is 13.2. The monoisotopic (exact) mass is 980 g/mol. The van der Waals surface area contributed by atoms with Crippen LogP contribution in [-0.4, -0.2) is 55.6 Å². The Kier molecular flexibility index (Phi) is 18.8. The topological polar surface area (TPSA) is 175 Å². The molecule has 0 saturated heterocycles. The Balaban J connectivity index is 1.31. The van der Waals surface area contributed by atoms with Crippen LogP contribution in [0.15, 0.2) is 161 Å². The fraction of sp³-hybridized carbons (Fsp3) is 0.264. The molecule has 3 aromatic rings. The quantitative estimate of drug-likeness (QED) is 0.0492. The molecule has 368 valence electrons. The summed E-state index contributed by atoms with van der Waals surface area (Å²) in [5, 5.41) is 38.6. The van der Waals surface area contributed by atoms with E-state index in [4.69, 9.17) is 14.2 Å². The summed E-state index contributed by atoms with van der Waals surface area (Å²) in [7, 11) is 0. The van der Waals surface area contributed by atoms with Gasteiger partial charge in [-0.2, -0.15) is 42.1 Å². The number of anilines is 1. The van der Waals surface area contributed by atoms with Gasteiger partial charge in [0.05, 0.1) is 24.2 Å². The first-order valence-electron chi connectivity index (χ1n) is 21.8. The molecule has 71 heavy (non-hydrogen) atoms. The zero-order valence-corrected chi connectivity index (χ0v) is 38.6. The summed E-state index contributed by atoms with van der Waals surface area (Å²) in [6.45, 7) is 5.83. The highest BCUT2D eigenvalue weighted by molar-refractivity contribution is 5.90. The standard InChI is InChI=1S/C53H46F6N4O8/c1-52(2)29-35(6-4-7-44-43(33-62)45(39(31-60)32-61)71-53(44,3)22-5-25-64)28-36(30-52)9-8-34-10-16-40(17-11-34)63(23-26-67-50(65)37-12-18-41(19-13-37)69-48(58)46(54)55)24-27-68-51(66)38-14-20-42(21-15-38)70-49(59)47(56)57/h4,6-21,28,64H,5,22-27,29-30H2,1-3H3/b7-4+,9-8+,35-6+. The zero-order chi connectivity index (χ0) is 51.7. The predicted octanol–water partition coefficient (Wildman–Crippen LogP) is 12.0. The zero-order valence-electron chi connectivity index (χ0n) is 38.6. The number of allylic oxidation sites excluding steroid dienone is 8. The molecule has 0 aromatic heterocycles. The van der Waals surface area contributed by atoms with E-state index in [1.165, 1.54) is 24.3 Å². The Morgan fingerprint density at radius 2 is 1.28 bits per heavy atom. The van der Waals surface area contributed by atoms with E-state index in [1.54, 1.807) is 30.0 Å². The smallest absolute Gasteiger partial charge is 0.344 e. The number of ether oxygens (including phenoxy) is 5. The lowest BCUT2D eigenvalue weighted by atomic mass is 9.75. The number of carbonyl (C=O) groups is 2. The minimum absolute atomic E-state index is 0.0310. The van der Waals surface area contributed by atoms with Crippen molar-refractivity contribution in [3.63, 3.8) is 0 Å². The molecule has 0 fully saturated rings. The van der Waals surface area contributed by atoms with Crippen molar-refractivity contribution in [2.24, 2.45) is 5.41 Å². The van der Waals surface area contributed by atoms with Crippen molar-refractivity contribution in [1.29, 1.82) is 15.8 Å². The molecular formula is C53H46F6N4O8. The summed E-state index contributed by atoms with van der Waals surface area (Å²) in [6.07, 6.45) is 8.46. The number of halogens is 6. The molecule has 0 saturated carbocycles. The Labute approximate surface area is 405 Å². The van der Waals surface area contributed by atoms with Crippen LogP contribution in [0.25, 0.3) is 6.08 Å². The van der Waals surface area contributed by atoms with Crippen LogP contribution >= 0.6 is 0 Å². The second-order valence-corrected chi connectivity index (χ2v) is 16.8. The van der Waals surface area contributed by atoms with E-state index in [-0.39, 0.29) is 77.9 Å². The number of nitriles is 3. The highest BCUT2D eigenvalue weighted by atomic mass is 19.3. The van der Waals surface area contributed by atoms with Gasteiger partial charge in [-0.3, -0.25) is 0 Å². The van der Waals surface area contributed by atoms with Gasteiger partial charge in [0.25, 0.3) is 0 Å². The number of rotatable bonds is 20. The third kappa shape index (κ3) is 15.1. The maximum Gasteiger partial charge on any atom is 0.344 e. The highest BCUT2D eigenvalue weighted by Gasteiger charge is 2.42.